The third-order valence-corrected chi connectivity index (χ3v) is 17.7. The first-order valence-electron chi connectivity index (χ1n) is 32.5. The lowest BCUT2D eigenvalue weighted by Gasteiger charge is -2.31. The molecule has 10 atom stereocenters. The molecule has 3 fully saturated rings. The molecular weight excluding hydrogens is 1230 g/mol. The summed E-state index contributed by atoms with van der Waals surface area (Å²) in [6.45, 7) is 0.0270. The van der Waals surface area contributed by atoms with Gasteiger partial charge in [0, 0.05) is 73.0 Å². The van der Waals surface area contributed by atoms with E-state index in [9.17, 15) is 38.4 Å². The third kappa shape index (κ3) is 18.0. The summed E-state index contributed by atoms with van der Waals surface area (Å²) in [6.07, 6.45) is 2.03. The summed E-state index contributed by atoms with van der Waals surface area (Å²) >= 11 is 0. The molecule has 0 spiro atoms. The van der Waals surface area contributed by atoms with Crippen molar-refractivity contribution in [3.8, 4) is 0 Å². The van der Waals surface area contributed by atoms with Gasteiger partial charge in [0.15, 0.2) is 0 Å². The Morgan fingerprint density at radius 3 is 1.06 bits per heavy atom. The van der Waals surface area contributed by atoms with E-state index in [2.05, 4.69) is 52.5 Å². The van der Waals surface area contributed by atoms with Gasteiger partial charge in [-0.3, -0.25) is 57.5 Å². The van der Waals surface area contributed by atoms with Gasteiger partial charge in [0.2, 0.25) is 70.9 Å². The molecule has 28 nitrogen and oxygen atoms in total. The number of aromatic amines is 2. The summed E-state index contributed by atoms with van der Waals surface area (Å²) in [5.41, 5.74) is 27.2. The standard InChI is InChI=1S/C68H84N16O12/c69-27-11-23-47-59(87)82-54(36-58(72)86)68(96)84-30-14-26-56(84)66(94)80-50(32-40-17-5-2-6-18-40)62(90)78-52(34-42-38-74-46-22-10-8-20-44(42)46)64(92)76-48(24-12-28-70)60(88)81-53(35-57(71)85)67(95)83-29-13-25-55(83)65(93)79-49(31-39-15-3-1-4-16-39)61(89)77-51(63(91)75-47)33-41-37-73-45-21-9-7-19-43(41)45/h1-10,15-22,37-38,47-56,73-74H,11-14,23-36,69-70H2,(H2,71,85)(H2,72,86)(H,75,91)(H,76,92)(H,77,89)(H,78,90)(H,79,93)(H,80,94)(H,81,88)(H,82,87)/t47-,48-,49+,50+,51-,52-,53-,54-,55-,56-/m0/s1. The number of H-pyrrole nitrogens is 2. The van der Waals surface area contributed by atoms with Crippen LogP contribution in [0.25, 0.3) is 21.8 Å². The van der Waals surface area contributed by atoms with Crippen LogP contribution in [0.5, 0.6) is 0 Å². The minimum Gasteiger partial charge on any atom is -0.370 e. The summed E-state index contributed by atoms with van der Waals surface area (Å²) in [5.74, 6) is -10.6. The maximum Gasteiger partial charge on any atom is 0.246 e. The summed E-state index contributed by atoms with van der Waals surface area (Å²) in [7, 11) is 0. The molecule has 4 aromatic carbocycles. The number of para-hydroxylation sites is 2. The quantitative estimate of drug-likeness (QED) is 0.0492. The van der Waals surface area contributed by atoms with Gasteiger partial charge in [-0.05, 0) is 98.8 Å². The second kappa shape index (κ2) is 33.1. The Morgan fingerprint density at radius 2 is 0.698 bits per heavy atom. The predicted octanol–water partition coefficient (Wildman–Crippen LogP) is -0.978. The van der Waals surface area contributed by atoms with E-state index < -0.39 is 144 Å². The fraction of sp³-hybridized carbons (Fsp3) is 0.412. The number of hydrogen-bond acceptors (Lipinski definition) is 14. The van der Waals surface area contributed by atoms with Crippen LogP contribution in [0.2, 0.25) is 0 Å². The monoisotopic (exact) mass is 1320 g/mol. The summed E-state index contributed by atoms with van der Waals surface area (Å²) in [4.78, 5) is 184. The average molecular weight is 1320 g/mol. The van der Waals surface area contributed by atoms with Gasteiger partial charge in [0.05, 0.1) is 12.8 Å². The van der Waals surface area contributed by atoms with Crippen molar-refractivity contribution in [3.05, 3.63) is 144 Å². The van der Waals surface area contributed by atoms with Crippen molar-refractivity contribution < 1.29 is 57.5 Å². The summed E-state index contributed by atoms with van der Waals surface area (Å²) in [6, 6.07) is 17.1. The normalized spacial score (nSPS) is 24.1. The molecule has 3 saturated heterocycles. The number of nitrogens with zero attached hydrogens (tertiary/aromatic N) is 2. The van der Waals surface area contributed by atoms with E-state index in [1.807, 2.05) is 36.4 Å². The van der Waals surface area contributed by atoms with Gasteiger partial charge in [-0.15, -0.1) is 0 Å². The van der Waals surface area contributed by atoms with E-state index in [0.29, 0.717) is 44.1 Å². The topological polar surface area (TPSA) is 443 Å². The number of primary amides is 2. The number of nitrogens with one attached hydrogen (secondary N) is 10. The first-order chi connectivity index (χ1) is 46.3. The lowest BCUT2D eigenvalue weighted by Crippen LogP contribution is -2.62. The van der Waals surface area contributed by atoms with Gasteiger partial charge in [0.25, 0.3) is 0 Å². The number of aromatic nitrogens is 2. The first kappa shape index (κ1) is 69.9. The van der Waals surface area contributed by atoms with Crippen LogP contribution in [0.4, 0.5) is 0 Å². The van der Waals surface area contributed by atoms with Crippen LogP contribution in [0.3, 0.4) is 0 Å². The van der Waals surface area contributed by atoms with Crippen LogP contribution in [0.1, 0.15) is 86.5 Å². The maximum absolute atomic E-state index is 15.1. The van der Waals surface area contributed by atoms with E-state index in [4.69, 9.17) is 22.9 Å². The zero-order valence-electron chi connectivity index (χ0n) is 53.2. The van der Waals surface area contributed by atoms with Crippen LogP contribution < -0.4 is 65.5 Å². The second-order valence-electron chi connectivity index (χ2n) is 24.6. The van der Waals surface area contributed by atoms with Gasteiger partial charge in [-0.2, -0.15) is 0 Å². The molecule has 18 N–H and O–H groups in total. The number of hydrogen-bond donors (Lipinski definition) is 14. The molecular formula is C68H84N16O12. The molecule has 5 heterocycles. The van der Waals surface area contributed by atoms with E-state index in [1.165, 1.54) is 9.80 Å². The van der Waals surface area contributed by atoms with E-state index in [1.54, 1.807) is 85.2 Å². The fourth-order valence-corrected chi connectivity index (χ4v) is 12.7. The Morgan fingerprint density at radius 1 is 0.385 bits per heavy atom. The van der Waals surface area contributed by atoms with Crippen molar-refractivity contribution >= 4 is 92.7 Å². The Hall–Kier alpha value is -10.5. The van der Waals surface area contributed by atoms with Gasteiger partial charge < -0.3 is 85.2 Å². The van der Waals surface area contributed by atoms with Crippen molar-refractivity contribution in [2.75, 3.05) is 26.2 Å². The largest absolute Gasteiger partial charge is 0.370 e. The number of nitrogens with two attached hydrogens (primary N) is 4. The Labute approximate surface area is 553 Å². The molecule has 508 valence electrons. The number of rotatable bonds is 18. The molecule has 0 unspecified atom stereocenters. The van der Waals surface area contributed by atoms with Crippen LogP contribution in [0.15, 0.2) is 122 Å². The zero-order chi connectivity index (χ0) is 68.4. The molecule has 3 aliphatic heterocycles. The molecule has 9 rings (SSSR count). The zero-order valence-corrected chi connectivity index (χ0v) is 53.2. The molecule has 0 radical (unpaired) electrons. The molecule has 0 bridgehead atoms. The fourth-order valence-electron chi connectivity index (χ4n) is 12.7. The van der Waals surface area contributed by atoms with Crippen LogP contribution in [-0.2, 0) is 83.2 Å². The lowest BCUT2D eigenvalue weighted by molar-refractivity contribution is -0.144. The molecule has 2 aromatic heterocycles. The lowest BCUT2D eigenvalue weighted by atomic mass is 10.0. The summed E-state index contributed by atoms with van der Waals surface area (Å²) < 4.78 is 0. The van der Waals surface area contributed by atoms with Gasteiger partial charge >= 0.3 is 0 Å². The predicted molar refractivity (Wildman–Crippen MR) is 353 cm³/mol. The molecule has 12 amide bonds. The van der Waals surface area contributed by atoms with Crippen LogP contribution >= 0.6 is 0 Å². The van der Waals surface area contributed by atoms with Crippen molar-refractivity contribution in [1.29, 1.82) is 0 Å². The third-order valence-electron chi connectivity index (χ3n) is 17.7. The number of carbonyl (C=O) groups is 12. The SMILES string of the molecule is NCCC[C@@H]1NC(=O)[C@H](Cc2c[nH]c3ccccc23)NC(=O)[C@@H](Cc2ccccc2)NC(=O)[C@@H]2CCCN2C(=O)[C@H](CC(N)=O)NC(=O)[C@H](CCCN)NC(=O)[C@H](Cc2c[nH]c3ccccc23)NC(=O)[C@@H](Cc2ccccc2)NC(=O)[C@@H]2CCCN2C(=O)[C@H](CC(N)=O)NC1=O. The average Bonchev–Trinajstić information content (AvgIpc) is 2.01. The van der Waals surface area contributed by atoms with Crippen molar-refractivity contribution in [1.82, 2.24) is 62.3 Å². The van der Waals surface area contributed by atoms with Crippen molar-refractivity contribution in [2.45, 2.75) is 150 Å². The number of amides is 12. The van der Waals surface area contributed by atoms with Crippen molar-refractivity contribution in [3.63, 3.8) is 0 Å². The maximum atomic E-state index is 15.1. The van der Waals surface area contributed by atoms with Crippen LogP contribution in [0, 0.1) is 0 Å². The van der Waals surface area contributed by atoms with E-state index in [-0.39, 0.29) is 103 Å². The van der Waals surface area contributed by atoms with Crippen molar-refractivity contribution in [2.24, 2.45) is 22.9 Å². The second-order valence-corrected chi connectivity index (χ2v) is 24.6. The van der Waals surface area contributed by atoms with Crippen LogP contribution in [-0.4, -0.2) is 177 Å². The number of fused-ring (bicyclic) bond motifs is 4. The Balaban J connectivity index is 1.11. The molecule has 3 aliphatic rings. The first-order valence-corrected chi connectivity index (χ1v) is 32.5. The molecule has 6 aromatic rings. The van der Waals surface area contributed by atoms with E-state index in [0.717, 1.165) is 0 Å². The van der Waals surface area contributed by atoms with E-state index >= 15 is 19.2 Å². The molecule has 0 aliphatic carbocycles. The number of benzene rings is 4. The highest BCUT2D eigenvalue weighted by Crippen LogP contribution is 2.25. The molecule has 96 heavy (non-hydrogen) atoms. The van der Waals surface area contributed by atoms with Gasteiger partial charge in [0.1, 0.15) is 60.4 Å². The van der Waals surface area contributed by atoms with Gasteiger partial charge in [-0.1, -0.05) is 97.1 Å². The van der Waals surface area contributed by atoms with Gasteiger partial charge in [-0.25, -0.2) is 0 Å². The minimum atomic E-state index is -1.69. The summed E-state index contributed by atoms with van der Waals surface area (Å²) in [5, 5.41) is 23.4. The molecule has 0 saturated carbocycles. The Kier molecular flexibility index (Phi) is 24.1. The highest BCUT2D eigenvalue weighted by Gasteiger charge is 2.43. The minimum absolute atomic E-state index is 0.0337. The molecule has 28 heteroatoms. The smallest absolute Gasteiger partial charge is 0.246 e. The number of carbonyl (C=O) groups excluding carboxylic acids is 12. The highest BCUT2D eigenvalue weighted by atomic mass is 16.2. The Bertz CT molecular complexity index is 3560. The highest BCUT2D eigenvalue weighted by molar-refractivity contribution is 6.02.